The van der Waals surface area contributed by atoms with Gasteiger partial charge < -0.3 is 14.3 Å². The van der Waals surface area contributed by atoms with Gasteiger partial charge in [-0.15, -0.1) is 5.06 Å². The second-order valence-electron chi connectivity index (χ2n) is 8.62. The Kier molecular flexibility index (Phi) is 6.27. The second kappa shape index (κ2) is 8.80. The molecule has 8 heteroatoms. The van der Waals surface area contributed by atoms with E-state index in [4.69, 9.17) is 19.1 Å². The summed E-state index contributed by atoms with van der Waals surface area (Å²) in [6, 6.07) is 5.97. The first kappa shape index (κ1) is 22.1. The highest BCUT2D eigenvalue weighted by Crippen LogP contribution is 2.41. The van der Waals surface area contributed by atoms with E-state index in [2.05, 4.69) is 0 Å². The van der Waals surface area contributed by atoms with Crippen molar-refractivity contribution < 1.29 is 33.8 Å². The minimum absolute atomic E-state index is 0.0409. The summed E-state index contributed by atoms with van der Waals surface area (Å²) in [6.07, 6.45) is 2.76. The van der Waals surface area contributed by atoms with E-state index in [-0.39, 0.29) is 24.6 Å². The predicted octanol–water partition coefficient (Wildman–Crippen LogP) is 1.32. The molecule has 1 amide bonds. The number of esters is 1. The van der Waals surface area contributed by atoms with Crippen molar-refractivity contribution in [2.45, 2.75) is 45.1 Å². The number of rotatable bonds is 7. The van der Waals surface area contributed by atoms with Gasteiger partial charge in [-0.1, -0.05) is 23.8 Å². The summed E-state index contributed by atoms with van der Waals surface area (Å²) in [7, 11) is 3.16. The van der Waals surface area contributed by atoms with Crippen molar-refractivity contribution in [2.75, 3.05) is 34.1 Å². The molecule has 1 atom stereocenters. The van der Waals surface area contributed by atoms with Gasteiger partial charge in [0.1, 0.15) is 5.57 Å². The van der Waals surface area contributed by atoms with Crippen LogP contribution in [0.5, 0.6) is 0 Å². The number of methoxy groups -OCH3 is 1. The van der Waals surface area contributed by atoms with Crippen LogP contribution in [-0.2, 0) is 28.7 Å². The Balaban J connectivity index is 1.84. The molecule has 1 aliphatic carbocycles. The van der Waals surface area contributed by atoms with Crippen molar-refractivity contribution in [3.8, 4) is 0 Å². The molecule has 3 aliphatic rings. The Bertz CT molecular complexity index is 899. The van der Waals surface area contributed by atoms with Crippen LogP contribution in [0.25, 0.3) is 5.57 Å². The first-order chi connectivity index (χ1) is 14.9. The van der Waals surface area contributed by atoms with Crippen molar-refractivity contribution in [3.05, 3.63) is 40.6 Å². The molecule has 2 fully saturated rings. The van der Waals surface area contributed by atoms with Crippen LogP contribution in [0.1, 0.15) is 42.4 Å². The van der Waals surface area contributed by atoms with Gasteiger partial charge in [0.2, 0.25) is 6.79 Å². The zero-order chi connectivity index (χ0) is 22.2. The van der Waals surface area contributed by atoms with Crippen molar-refractivity contribution in [1.82, 2.24) is 5.06 Å². The Labute approximate surface area is 182 Å². The summed E-state index contributed by atoms with van der Waals surface area (Å²) in [5, 5.41) is 2.15. The molecular formula is C23H31N2O6+. The number of ether oxygens (including phenoxy) is 2. The van der Waals surface area contributed by atoms with Gasteiger partial charge in [-0.05, 0) is 37.8 Å². The summed E-state index contributed by atoms with van der Waals surface area (Å²) in [4.78, 5) is 37.8. The average molecular weight is 432 g/mol. The number of amides is 1. The number of hydrogen-bond acceptors (Lipinski definition) is 7. The fraction of sp³-hybridized carbons (Fsp3) is 0.565. The number of nitrogens with zero attached hydrogens (tertiary/aromatic N) is 1. The van der Waals surface area contributed by atoms with Gasteiger partial charge in [0, 0.05) is 33.0 Å². The van der Waals surface area contributed by atoms with Crippen LogP contribution in [0.3, 0.4) is 0 Å². The molecule has 1 spiro atoms. The maximum atomic E-state index is 13.8. The van der Waals surface area contributed by atoms with E-state index in [9.17, 15) is 9.59 Å². The second-order valence-corrected chi connectivity index (χ2v) is 8.62. The molecule has 2 aliphatic heterocycles. The van der Waals surface area contributed by atoms with Crippen LogP contribution in [-0.4, -0.2) is 56.6 Å². The van der Waals surface area contributed by atoms with Crippen molar-refractivity contribution >= 4 is 17.4 Å². The highest BCUT2D eigenvalue weighted by molar-refractivity contribution is 6.18. The Morgan fingerprint density at radius 3 is 2.52 bits per heavy atom. The van der Waals surface area contributed by atoms with Crippen LogP contribution >= 0.6 is 0 Å². The first-order valence-electron chi connectivity index (χ1n) is 10.8. The lowest BCUT2D eigenvalue weighted by Gasteiger charge is -2.39. The molecule has 168 valence electrons. The molecule has 1 N–H and O–H groups in total. The Morgan fingerprint density at radius 2 is 1.90 bits per heavy atom. The number of hydroxylamine groups is 4. The highest BCUT2D eigenvalue weighted by Gasteiger charge is 2.62. The number of carbonyl (C=O) groups excluding carboxylic acids is 2. The molecule has 2 heterocycles. The summed E-state index contributed by atoms with van der Waals surface area (Å²) in [5.41, 5.74) is 2.40. The zero-order valence-electron chi connectivity index (χ0n) is 18.7. The molecule has 8 nitrogen and oxygen atoms in total. The molecular weight excluding hydrogens is 400 g/mol. The van der Waals surface area contributed by atoms with Crippen molar-refractivity contribution in [1.29, 1.82) is 0 Å². The standard InChI is InChI=1S/C23H30N2O6/c1-15-5-6-16(2)18(13-15)19-20(31-22(27)17-7-8-17)23(9-11-24(29-4)12-10-23)25(21(19)26)30-14-28-3/h5-6,13,17H,7-12,14H2,1-4H3/p+1. The SMILES string of the molecule is COCO[NH+]1C(=O)C(c2cc(C)ccc2C)=C(OC(=O)C2CC2)C12CCN(OC)CC2. The van der Waals surface area contributed by atoms with Gasteiger partial charge in [0.25, 0.3) is 0 Å². The number of hydrogen-bond donors (Lipinski definition) is 1. The normalized spacial score (nSPS) is 23.6. The van der Waals surface area contributed by atoms with Gasteiger partial charge in [-0.3, -0.25) is 4.79 Å². The molecule has 1 unspecified atom stereocenters. The minimum atomic E-state index is -0.805. The third kappa shape index (κ3) is 4.06. The Morgan fingerprint density at radius 1 is 1.19 bits per heavy atom. The number of nitrogens with one attached hydrogen (secondary N) is 1. The smallest absolute Gasteiger partial charge is 0.381 e. The largest absolute Gasteiger partial charge is 0.423 e. The van der Waals surface area contributed by atoms with Crippen LogP contribution in [0, 0.1) is 19.8 Å². The van der Waals surface area contributed by atoms with Crippen LogP contribution in [0.15, 0.2) is 24.0 Å². The van der Waals surface area contributed by atoms with Gasteiger partial charge >= 0.3 is 11.9 Å². The van der Waals surface area contributed by atoms with E-state index in [0.717, 1.165) is 29.5 Å². The zero-order valence-corrected chi connectivity index (χ0v) is 18.7. The maximum absolute atomic E-state index is 13.8. The average Bonchev–Trinajstić information content (AvgIpc) is 3.59. The third-order valence-corrected chi connectivity index (χ3v) is 6.46. The number of quaternary nitrogens is 1. The quantitative estimate of drug-likeness (QED) is 0.515. The number of carbonyl (C=O) groups is 2. The lowest BCUT2D eigenvalue weighted by molar-refractivity contribution is -1.06. The molecule has 1 saturated heterocycles. The van der Waals surface area contributed by atoms with Crippen molar-refractivity contribution in [3.63, 3.8) is 0 Å². The molecule has 31 heavy (non-hydrogen) atoms. The molecule has 0 radical (unpaired) electrons. The summed E-state index contributed by atoms with van der Waals surface area (Å²) < 4.78 is 11.2. The molecule has 1 saturated carbocycles. The lowest BCUT2D eigenvalue weighted by Crippen LogP contribution is -3.20. The molecule has 1 aromatic carbocycles. The number of aryl methyl sites for hydroxylation is 2. The van der Waals surface area contributed by atoms with E-state index >= 15 is 0 Å². The fourth-order valence-electron chi connectivity index (χ4n) is 4.50. The van der Waals surface area contributed by atoms with E-state index < -0.39 is 5.54 Å². The molecule has 0 aromatic heterocycles. The van der Waals surface area contributed by atoms with Gasteiger partial charge in [-0.2, -0.15) is 9.90 Å². The van der Waals surface area contributed by atoms with Gasteiger partial charge in [-0.25, -0.2) is 4.79 Å². The monoisotopic (exact) mass is 431 g/mol. The van der Waals surface area contributed by atoms with Crippen molar-refractivity contribution in [2.24, 2.45) is 5.92 Å². The van der Waals surface area contributed by atoms with E-state index in [1.54, 1.807) is 7.11 Å². The topological polar surface area (TPSA) is 78.7 Å². The lowest BCUT2D eigenvalue weighted by atomic mass is 9.85. The molecule has 0 bridgehead atoms. The summed E-state index contributed by atoms with van der Waals surface area (Å²) in [5.74, 6) is -0.130. The summed E-state index contributed by atoms with van der Waals surface area (Å²) >= 11 is 0. The number of piperidine rings is 1. The fourth-order valence-corrected chi connectivity index (χ4v) is 4.50. The maximum Gasteiger partial charge on any atom is 0.381 e. The molecule has 4 rings (SSSR count). The van der Waals surface area contributed by atoms with Gasteiger partial charge in [0.05, 0.1) is 13.0 Å². The van der Waals surface area contributed by atoms with Crippen LogP contribution in [0.2, 0.25) is 0 Å². The van der Waals surface area contributed by atoms with Crippen LogP contribution < -0.4 is 5.06 Å². The third-order valence-electron chi connectivity index (χ3n) is 6.46. The number of benzene rings is 1. The molecule has 1 aromatic rings. The minimum Gasteiger partial charge on any atom is -0.423 e. The first-order valence-corrected chi connectivity index (χ1v) is 10.8. The Hall–Kier alpha value is -2.10. The van der Waals surface area contributed by atoms with E-state index in [1.807, 2.05) is 37.1 Å². The van der Waals surface area contributed by atoms with E-state index in [0.29, 0.717) is 42.3 Å². The van der Waals surface area contributed by atoms with Gasteiger partial charge in [0.15, 0.2) is 11.3 Å². The van der Waals surface area contributed by atoms with E-state index in [1.165, 1.54) is 7.11 Å². The highest BCUT2D eigenvalue weighted by atomic mass is 16.8. The summed E-state index contributed by atoms with van der Waals surface area (Å²) in [6.45, 7) is 5.09. The predicted molar refractivity (Wildman–Crippen MR) is 111 cm³/mol. The van der Waals surface area contributed by atoms with Crippen LogP contribution in [0.4, 0.5) is 0 Å².